The van der Waals surface area contributed by atoms with Crippen LogP contribution in [0.5, 0.6) is 0 Å². The first-order valence-corrected chi connectivity index (χ1v) is 8.65. The molecule has 0 aromatic carbocycles. The third-order valence-corrected chi connectivity index (χ3v) is 2.65. The molecule has 128 valence electrons. The molecule has 3 nitrogen and oxygen atoms in total. The van der Waals surface area contributed by atoms with Crippen LogP contribution in [0.15, 0.2) is 0 Å². The summed E-state index contributed by atoms with van der Waals surface area (Å²) in [4.78, 5) is 13.3. The topological polar surface area (TPSA) is 32.3 Å². The van der Waals surface area contributed by atoms with E-state index >= 15 is 0 Å². The highest BCUT2D eigenvalue weighted by atomic mass is 16.2. The molecule has 0 radical (unpaired) electrons. The number of nitrogens with zero attached hydrogens (tertiary/aromatic N) is 1. The van der Waals surface area contributed by atoms with E-state index in [1.807, 2.05) is 4.90 Å². The van der Waals surface area contributed by atoms with Crippen molar-refractivity contribution in [1.29, 1.82) is 0 Å². The van der Waals surface area contributed by atoms with Crippen LogP contribution in [0.2, 0.25) is 0 Å². The SMILES string of the molecule is CC(C)(C)C.CCC.CCCCC1CNCCN1C(C)=O. The molecule has 1 amide bonds. The van der Waals surface area contributed by atoms with E-state index in [4.69, 9.17) is 0 Å². The number of carbonyl (C=O) groups excluding carboxylic acids is 1. The van der Waals surface area contributed by atoms with E-state index in [2.05, 4.69) is 53.8 Å². The van der Waals surface area contributed by atoms with Gasteiger partial charge in [-0.25, -0.2) is 0 Å². The van der Waals surface area contributed by atoms with Gasteiger partial charge in [-0.1, -0.05) is 67.7 Å². The maximum absolute atomic E-state index is 11.3. The average molecular weight is 301 g/mol. The summed E-state index contributed by atoms with van der Waals surface area (Å²) in [7, 11) is 0. The van der Waals surface area contributed by atoms with Crippen molar-refractivity contribution in [3.05, 3.63) is 0 Å². The molecule has 3 heteroatoms. The largest absolute Gasteiger partial charge is 0.337 e. The molecule has 0 spiro atoms. The van der Waals surface area contributed by atoms with Gasteiger partial charge in [0.2, 0.25) is 5.91 Å². The Hall–Kier alpha value is -0.570. The van der Waals surface area contributed by atoms with Gasteiger partial charge in [0.25, 0.3) is 0 Å². The summed E-state index contributed by atoms with van der Waals surface area (Å²) >= 11 is 0. The minimum Gasteiger partial charge on any atom is -0.337 e. The van der Waals surface area contributed by atoms with Gasteiger partial charge in [-0.15, -0.1) is 0 Å². The highest BCUT2D eigenvalue weighted by Gasteiger charge is 2.22. The second-order valence-electron chi connectivity index (χ2n) is 7.42. The van der Waals surface area contributed by atoms with Crippen LogP contribution in [0, 0.1) is 5.41 Å². The fraction of sp³-hybridized carbons (Fsp3) is 0.944. The van der Waals surface area contributed by atoms with Gasteiger partial charge in [0.1, 0.15) is 0 Å². The summed E-state index contributed by atoms with van der Waals surface area (Å²) in [6, 6.07) is 0.436. The first kappa shape index (κ1) is 22.7. The number of unbranched alkanes of at least 4 members (excludes halogenated alkanes) is 1. The van der Waals surface area contributed by atoms with E-state index in [1.54, 1.807) is 6.92 Å². The Kier molecular flexibility index (Phi) is 14.2. The summed E-state index contributed by atoms with van der Waals surface area (Å²) in [6.45, 7) is 19.7. The number of piperazine rings is 1. The molecule has 1 fully saturated rings. The summed E-state index contributed by atoms with van der Waals surface area (Å²) in [5.41, 5.74) is 0.500. The van der Waals surface area contributed by atoms with Crippen LogP contribution in [0.3, 0.4) is 0 Å². The lowest BCUT2D eigenvalue weighted by molar-refractivity contribution is -0.132. The van der Waals surface area contributed by atoms with Crippen molar-refractivity contribution in [2.24, 2.45) is 5.41 Å². The molecular formula is C18H40N2O. The quantitative estimate of drug-likeness (QED) is 0.834. The number of hydrogen-bond donors (Lipinski definition) is 1. The van der Waals surface area contributed by atoms with Crippen LogP contribution in [0.4, 0.5) is 0 Å². The van der Waals surface area contributed by atoms with Crippen molar-refractivity contribution in [3.8, 4) is 0 Å². The highest BCUT2D eigenvalue weighted by Crippen LogP contribution is 2.11. The van der Waals surface area contributed by atoms with Crippen LogP contribution in [0.1, 0.15) is 81.1 Å². The molecule has 1 atom stereocenters. The summed E-state index contributed by atoms with van der Waals surface area (Å²) < 4.78 is 0. The average Bonchev–Trinajstić information content (AvgIpc) is 2.35. The van der Waals surface area contributed by atoms with Gasteiger partial charge < -0.3 is 10.2 Å². The number of amides is 1. The predicted octanol–water partition coefficient (Wildman–Crippen LogP) is 4.47. The lowest BCUT2D eigenvalue weighted by Crippen LogP contribution is -2.52. The first-order valence-electron chi connectivity index (χ1n) is 8.65. The Morgan fingerprint density at radius 2 is 1.67 bits per heavy atom. The second-order valence-corrected chi connectivity index (χ2v) is 7.42. The monoisotopic (exact) mass is 300 g/mol. The summed E-state index contributed by atoms with van der Waals surface area (Å²) in [5, 5.41) is 3.33. The van der Waals surface area contributed by atoms with E-state index in [9.17, 15) is 4.79 Å². The van der Waals surface area contributed by atoms with Gasteiger partial charge in [0.15, 0.2) is 0 Å². The van der Waals surface area contributed by atoms with Crippen LogP contribution in [-0.4, -0.2) is 36.5 Å². The molecule has 1 aliphatic rings. The van der Waals surface area contributed by atoms with Crippen molar-refractivity contribution in [2.45, 2.75) is 87.1 Å². The Balaban J connectivity index is 0. The molecule has 1 rings (SSSR count). The standard InChI is InChI=1S/C10H20N2O.C5H12.C3H8/c1-3-4-5-10-8-11-6-7-12(10)9(2)13;1-5(2,3)4;1-3-2/h10-11H,3-8H2,1-2H3;1-4H3;3H2,1-2H3. The maximum atomic E-state index is 11.3. The number of rotatable bonds is 3. The molecule has 0 aromatic heterocycles. The molecule has 1 N–H and O–H groups in total. The van der Waals surface area contributed by atoms with Crippen molar-refractivity contribution in [3.63, 3.8) is 0 Å². The Morgan fingerprint density at radius 3 is 2.05 bits per heavy atom. The molecule has 0 bridgehead atoms. The van der Waals surface area contributed by atoms with Gasteiger partial charge in [0.05, 0.1) is 0 Å². The fourth-order valence-electron chi connectivity index (χ4n) is 1.87. The lowest BCUT2D eigenvalue weighted by Gasteiger charge is -2.35. The molecule has 1 unspecified atom stereocenters. The van der Waals surface area contributed by atoms with Crippen molar-refractivity contribution in [2.75, 3.05) is 19.6 Å². The Labute approximate surface area is 133 Å². The van der Waals surface area contributed by atoms with Crippen LogP contribution in [0.25, 0.3) is 0 Å². The van der Waals surface area contributed by atoms with E-state index < -0.39 is 0 Å². The maximum Gasteiger partial charge on any atom is 0.219 e. The number of nitrogens with one attached hydrogen (secondary N) is 1. The molecule has 1 saturated heterocycles. The fourth-order valence-corrected chi connectivity index (χ4v) is 1.87. The van der Waals surface area contributed by atoms with Crippen LogP contribution < -0.4 is 5.32 Å². The molecular weight excluding hydrogens is 260 g/mol. The van der Waals surface area contributed by atoms with Crippen molar-refractivity contribution in [1.82, 2.24) is 10.2 Å². The second kappa shape index (κ2) is 13.1. The molecule has 1 aliphatic heterocycles. The van der Waals surface area contributed by atoms with Gasteiger partial charge in [-0.2, -0.15) is 0 Å². The first-order chi connectivity index (χ1) is 9.67. The summed E-state index contributed by atoms with van der Waals surface area (Å²) in [6.07, 6.45) is 4.82. The van der Waals surface area contributed by atoms with E-state index in [1.165, 1.54) is 19.3 Å². The lowest BCUT2D eigenvalue weighted by atomic mass is 10.0. The molecule has 0 aromatic rings. The molecule has 21 heavy (non-hydrogen) atoms. The van der Waals surface area contributed by atoms with E-state index in [-0.39, 0.29) is 5.91 Å². The van der Waals surface area contributed by atoms with Crippen molar-refractivity contribution >= 4 is 5.91 Å². The van der Waals surface area contributed by atoms with Crippen LogP contribution in [-0.2, 0) is 4.79 Å². The smallest absolute Gasteiger partial charge is 0.219 e. The minimum absolute atomic E-state index is 0.225. The molecule has 0 saturated carbocycles. The van der Waals surface area contributed by atoms with Crippen LogP contribution >= 0.6 is 0 Å². The Bertz CT molecular complexity index is 240. The van der Waals surface area contributed by atoms with Crippen molar-refractivity contribution < 1.29 is 4.79 Å². The zero-order chi connectivity index (χ0) is 16.9. The van der Waals surface area contributed by atoms with Gasteiger partial charge >= 0.3 is 0 Å². The van der Waals surface area contributed by atoms with E-state index in [0.29, 0.717) is 11.5 Å². The third kappa shape index (κ3) is 17.4. The zero-order valence-electron chi connectivity index (χ0n) is 15.9. The highest BCUT2D eigenvalue weighted by molar-refractivity contribution is 5.73. The number of hydrogen-bond acceptors (Lipinski definition) is 2. The Morgan fingerprint density at radius 1 is 1.19 bits per heavy atom. The third-order valence-electron chi connectivity index (χ3n) is 2.65. The normalized spacial score (nSPS) is 18.1. The van der Waals surface area contributed by atoms with Gasteiger partial charge in [-0.05, 0) is 11.8 Å². The summed E-state index contributed by atoms with van der Waals surface area (Å²) in [5.74, 6) is 0.225. The minimum atomic E-state index is 0.225. The number of carbonyl (C=O) groups is 1. The van der Waals surface area contributed by atoms with E-state index in [0.717, 1.165) is 26.1 Å². The molecule has 1 heterocycles. The van der Waals surface area contributed by atoms with Gasteiger partial charge in [-0.3, -0.25) is 4.79 Å². The zero-order valence-corrected chi connectivity index (χ0v) is 15.9. The molecule has 0 aliphatic carbocycles. The van der Waals surface area contributed by atoms with Gasteiger partial charge in [0, 0.05) is 32.6 Å². The predicted molar refractivity (Wildman–Crippen MR) is 94.7 cm³/mol.